The number of pyridine rings is 1. The van der Waals surface area contributed by atoms with Crippen molar-refractivity contribution in [1.29, 1.82) is 0 Å². The number of carbonyl (C=O) groups is 1. The number of para-hydroxylation sites is 1. The summed E-state index contributed by atoms with van der Waals surface area (Å²) in [5.74, 6) is -0.417. The number of rotatable bonds is 4. The maximum atomic E-state index is 12.2. The van der Waals surface area contributed by atoms with Gasteiger partial charge in [-0.2, -0.15) is 0 Å². The van der Waals surface area contributed by atoms with Crippen molar-refractivity contribution >= 4 is 27.8 Å². The van der Waals surface area contributed by atoms with Crippen LogP contribution in [0.4, 0.5) is 0 Å². The predicted molar refractivity (Wildman–Crippen MR) is 84.9 cm³/mol. The molecule has 0 saturated heterocycles. The maximum Gasteiger partial charge on any atom is 0.357 e. The number of hydrogen-bond acceptors (Lipinski definition) is 4. The Kier molecular flexibility index (Phi) is 3.81. The first-order chi connectivity index (χ1) is 10.6. The summed E-state index contributed by atoms with van der Waals surface area (Å²) in [4.78, 5) is 19.9. The smallest absolute Gasteiger partial charge is 0.357 e. The molecule has 114 valence electrons. The van der Waals surface area contributed by atoms with Crippen LogP contribution in [0.3, 0.4) is 0 Å². The number of nitrogens with one attached hydrogen (secondary N) is 1. The van der Waals surface area contributed by atoms with Crippen LogP contribution in [0, 0.1) is 0 Å². The molecule has 5 heteroatoms. The molecule has 0 atom stereocenters. The van der Waals surface area contributed by atoms with Crippen LogP contribution in [0.25, 0.3) is 21.8 Å². The van der Waals surface area contributed by atoms with E-state index in [1.54, 1.807) is 13.2 Å². The van der Waals surface area contributed by atoms with Gasteiger partial charge in [-0.1, -0.05) is 18.2 Å². The monoisotopic (exact) mass is 298 g/mol. The Hall–Kier alpha value is -2.40. The summed E-state index contributed by atoms with van der Waals surface area (Å²) < 4.78 is 10.5. The molecule has 0 aliphatic carbocycles. The first-order valence-electron chi connectivity index (χ1n) is 7.20. The van der Waals surface area contributed by atoms with Crippen LogP contribution in [0.1, 0.15) is 30.0 Å². The van der Waals surface area contributed by atoms with Crippen LogP contribution in [0.2, 0.25) is 0 Å². The van der Waals surface area contributed by atoms with Crippen molar-refractivity contribution in [3.63, 3.8) is 0 Å². The van der Waals surface area contributed by atoms with E-state index < -0.39 is 5.97 Å². The Morgan fingerprint density at radius 2 is 2.05 bits per heavy atom. The highest BCUT2D eigenvalue weighted by molar-refractivity contribution is 6.09. The van der Waals surface area contributed by atoms with Crippen molar-refractivity contribution in [1.82, 2.24) is 9.97 Å². The van der Waals surface area contributed by atoms with Crippen LogP contribution in [-0.2, 0) is 16.1 Å². The largest absolute Gasteiger partial charge is 0.458 e. The van der Waals surface area contributed by atoms with Gasteiger partial charge in [0.2, 0.25) is 0 Å². The molecule has 0 radical (unpaired) electrons. The minimum absolute atomic E-state index is 0.182. The van der Waals surface area contributed by atoms with Crippen LogP contribution >= 0.6 is 0 Å². The topological polar surface area (TPSA) is 64.2 Å². The Bertz CT molecular complexity index is 836. The first-order valence-corrected chi connectivity index (χ1v) is 7.20. The number of aromatic nitrogens is 2. The van der Waals surface area contributed by atoms with Gasteiger partial charge in [0.05, 0.1) is 23.9 Å². The van der Waals surface area contributed by atoms with E-state index in [4.69, 9.17) is 9.47 Å². The van der Waals surface area contributed by atoms with Gasteiger partial charge in [-0.25, -0.2) is 9.78 Å². The molecular weight excluding hydrogens is 280 g/mol. The van der Waals surface area contributed by atoms with Crippen molar-refractivity contribution in [2.45, 2.75) is 26.6 Å². The van der Waals surface area contributed by atoms with Gasteiger partial charge in [-0.15, -0.1) is 0 Å². The van der Waals surface area contributed by atoms with Crippen molar-refractivity contribution in [3.8, 4) is 0 Å². The number of carbonyl (C=O) groups excluding carboxylic acids is 1. The lowest BCUT2D eigenvalue weighted by molar-refractivity contribution is 0.0370. The number of hydrogen-bond donors (Lipinski definition) is 1. The van der Waals surface area contributed by atoms with Crippen molar-refractivity contribution in [2.24, 2.45) is 0 Å². The molecule has 0 amide bonds. The molecule has 0 saturated carbocycles. The number of H-pyrrole nitrogens is 1. The van der Waals surface area contributed by atoms with Crippen molar-refractivity contribution in [3.05, 3.63) is 41.7 Å². The fraction of sp³-hybridized carbons (Fsp3) is 0.294. The second-order valence-electron chi connectivity index (χ2n) is 5.43. The zero-order valence-electron chi connectivity index (χ0n) is 12.8. The number of esters is 1. The third-order valence-corrected chi connectivity index (χ3v) is 3.40. The molecular formula is C17H18N2O3. The van der Waals surface area contributed by atoms with Crippen molar-refractivity contribution in [2.75, 3.05) is 7.11 Å². The Labute approximate surface area is 128 Å². The molecule has 2 aromatic heterocycles. The third kappa shape index (κ3) is 2.55. The molecule has 0 bridgehead atoms. The average Bonchev–Trinajstić information content (AvgIpc) is 2.86. The highest BCUT2D eigenvalue weighted by Crippen LogP contribution is 2.28. The zero-order valence-corrected chi connectivity index (χ0v) is 12.8. The zero-order chi connectivity index (χ0) is 15.7. The third-order valence-electron chi connectivity index (χ3n) is 3.40. The molecule has 2 heterocycles. The summed E-state index contributed by atoms with van der Waals surface area (Å²) in [5.41, 5.74) is 2.90. The van der Waals surface area contributed by atoms with E-state index in [9.17, 15) is 4.79 Å². The molecule has 1 N–H and O–H groups in total. The average molecular weight is 298 g/mol. The summed E-state index contributed by atoms with van der Waals surface area (Å²) in [6.07, 6.45) is -0.182. The van der Waals surface area contributed by atoms with Gasteiger partial charge in [-0.3, -0.25) is 0 Å². The van der Waals surface area contributed by atoms with Crippen molar-refractivity contribution < 1.29 is 14.3 Å². The van der Waals surface area contributed by atoms with Gasteiger partial charge in [0.1, 0.15) is 5.69 Å². The summed E-state index contributed by atoms with van der Waals surface area (Å²) in [6, 6.07) is 9.73. The lowest BCUT2D eigenvalue weighted by Gasteiger charge is -2.09. The highest BCUT2D eigenvalue weighted by atomic mass is 16.5. The van der Waals surface area contributed by atoms with Gasteiger partial charge >= 0.3 is 5.97 Å². The second-order valence-corrected chi connectivity index (χ2v) is 5.43. The number of benzene rings is 1. The summed E-state index contributed by atoms with van der Waals surface area (Å²) in [6.45, 7) is 3.96. The fourth-order valence-corrected chi connectivity index (χ4v) is 2.53. The first kappa shape index (κ1) is 14.5. The van der Waals surface area contributed by atoms with Crippen LogP contribution < -0.4 is 0 Å². The van der Waals surface area contributed by atoms with Gasteiger partial charge in [-0.05, 0) is 26.0 Å². The quantitative estimate of drug-likeness (QED) is 0.749. The van der Waals surface area contributed by atoms with E-state index in [2.05, 4.69) is 9.97 Å². The molecule has 1 aromatic carbocycles. The lowest BCUT2D eigenvalue weighted by atomic mass is 10.1. The van der Waals surface area contributed by atoms with Crippen LogP contribution in [0.5, 0.6) is 0 Å². The Morgan fingerprint density at radius 1 is 1.27 bits per heavy atom. The molecule has 5 nitrogen and oxygen atoms in total. The molecule has 0 aliphatic rings. The van der Waals surface area contributed by atoms with Gasteiger partial charge in [0.25, 0.3) is 0 Å². The van der Waals surface area contributed by atoms with Gasteiger partial charge < -0.3 is 14.5 Å². The molecule has 0 aliphatic heterocycles. The fourth-order valence-electron chi connectivity index (χ4n) is 2.53. The molecule has 0 fully saturated rings. The predicted octanol–water partition coefficient (Wildman–Crippen LogP) is 3.43. The molecule has 3 rings (SSSR count). The number of nitrogens with zero attached hydrogens (tertiary/aromatic N) is 1. The molecule has 22 heavy (non-hydrogen) atoms. The standard InChI is InChI=1S/C17H18N2O3/c1-10(2)22-17(20)14-8-12-11-6-4-5-7-13(11)19-16(12)15(18-14)9-21-3/h4-8,10,19H,9H2,1-3H3. The SMILES string of the molecule is COCc1nc(C(=O)OC(C)C)cc2c1[nH]c1ccccc12. The molecule has 0 unspecified atom stereocenters. The summed E-state index contributed by atoms with van der Waals surface area (Å²) in [5, 5.41) is 2.00. The van der Waals surface area contributed by atoms with E-state index in [1.165, 1.54) is 0 Å². The second kappa shape index (κ2) is 5.77. The molecule has 3 aromatic rings. The number of fused-ring (bicyclic) bond motifs is 3. The highest BCUT2D eigenvalue weighted by Gasteiger charge is 2.17. The number of ether oxygens (including phenoxy) is 2. The lowest BCUT2D eigenvalue weighted by Crippen LogP contribution is -2.14. The van der Waals surface area contributed by atoms with E-state index >= 15 is 0 Å². The number of methoxy groups -OCH3 is 1. The van der Waals surface area contributed by atoms with Gasteiger partial charge in [0.15, 0.2) is 0 Å². The minimum Gasteiger partial charge on any atom is -0.458 e. The van der Waals surface area contributed by atoms with E-state index in [1.807, 2.05) is 38.1 Å². The normalized spacial score (nSPS) is 11.5. The van der Waals surface area contributed by atoms with Gasteiger partial charge in [0, 0.05) is 23.4 Å². The number of aromatic amines is 1. The Morgan fingerprint density at radius 3 is 2.77 bits per heavy atom. The van der Waals surface area contributed by atoms with Crippen LogP contribution in [-0.4, -0.2) is 29.2 Å². The Balaban J connectivity index is 2.22. The molecule has 0 spiro atoms. The maximum absolute atomic E-state index is 12.2. The van der Waals surface area contributed by atoms with E-state index in [0.717, 1.165) is 21.8 Å². The van der Waals surface area contributed by atoms with Crippen LogP contribution in [0.15, 0.2) is 30.3 Å². The van der Waals surface area contributed by atoms with E-state index in [-0.39, 0.29) is 6.10 Å². The van der Waals surface area contributed by atoms with E-state index in [0.29, 0.717) is 18.0 Å². The minimum atomic E-state index is -0.417. The summed E-state index contributed by atoms with van der Waals surface area (Å²) in [7, 11) is 1.61. The summed E-state index contributed by atoms with van der Waals surface area (Å²) >= 11 is 0.